The van der Waals surface area contributed by atoms with Gasteiger partial charge in [-0.05, 0) is 30.9 Å². The van der Waals surface area contributed by atoms with E-state index in [0.29, 0.717) is 11.7 Å². The number of hydrogen-bond acceptors (Lipinski definition) is 3. The minimum atomic E-state index is -0.0602. The van der Waals surface area contributed by atoms with E-state index in [1.54, 1.807) is 12.5 Å². The van der Waals surface area contributed by atoms with E-state index in [9.17, 15) is 4.79 Å². The van der Waals surface area contributed by atoms with Crippen LogP contribution in [0.4, 0.5) is 0 Å². The predicted octanol–water partition coefficient (Wildman–Crippen LogP) is 2.17. The highest BCUT2D eigenvalue weighted by Gasteiger charge is 2.17. The van der Waals surface area contributed by atoms with Crippen molar-refractivity contribution in [3.63, 3.8) is 0 Å². The van der Waals surface area contributed by atoms with Gasteiger partial charge >= 0.3 is 0 Å². The normalized spacial score (nSPS) is 14.5. The standard InChI is InChI=1S/C16H19N3O2/c20-16(18-10-13-3-1-4-13)11-21-15-6-2-5-14(9-15)19-8-7-17-12-19/h2,5-9,12-13H,1,3-4,10-11H2,(H,18,20). The summed E-state index contributed by atoms with van der Waals surface area (Å²) in [5.41, 5.74) is 0.958. The molecule has 0 atom stereocenters. The van der Waals surface area contributed by atoms with Gasteiger partial charge in [-0.25, -0.2) is 4.98 Å². The van der Waals surface area contributed by atoms with Crippen LogP contribution >= 0.6 is 0 Å². The summed E-state index contributed by atoms with van der Waals surface area (Å²) >= 11 is 0. The zero-order valence-electron chi connectivity index (χ0n) is 11.9. The number of carbonyl (C=O) groups is 1. The monoisotopic (exact) mass is 285 g/mol. The number of hydrogen-bond donors (Lipinski definition) is 1. The maximum atomic E-state index is 11.7. The molecule has 1 heterocycles. The van der Waals surface area contributed by atoms with Gasteiger partial charge in [0.1, 0.15) is 5.75 Å². The molecule has 2 aromatic rings. The first kappa shape index (κ1) is 13.7. The Morgan fingerprint density at radius 2 is 2.33 bits per heavy atom. The predicted molar refractivity (Wildman–Crippen MR) is 79.4 cm³/mol. The van der Waals surface area contributed by atoms with Crippen LogP contribution in [-0.2, 0) is 4.79 Å². The quantitative estimate of drug-likeness (QED) is 0.885. The first-order valence-electron chi connectivity index (χ1n) is 7.29. The number of benzene rings is 1. The molecule has 5 heteroatoms. The van der Waals surface area contributed by atoms with Crippen LogP contribution in [0, 0.1) is 5.92 Å². The van der Waals surface area contributed by atoms with Gasteiger partial charge in [0.25, 0.3) is 5.91 Å². The summed E-state index contributed by atoms with van der Waals surface area (Å²) in [6.45, 7) is 0.831. The van der Waals surface area contributed by atoms with Crippen molar-refractivity contribution in [1.82, 2.24) is 14.9 Å². The number of amides is 1. The third-order valence-corrected chi connectivity index (χ3v) is 3.80. The van der Waals surface area contributed by atoms with E-state index >= 15 is 0 Å². The highest BCUT2D eigenvalue weighted by molar-refractivity contribution is 5.77. The third-order valence-electron chi connectivity index (χ3n) is 3.80. The van der Waals surface area contributed by atoms with Crippen molar-refractivity contribution in [2.45, 2.75) is 19.3 Å². The van der Waals surface area contributed by atoms with Crippen molar-refractivity contribution in [3.05, 3.63) is 43.0 Å². The molecule has 0 saturated heterocycles. The summed E-state index contributed by atoms with van der Waals surface area (Å²) in [6, 6.07) is 7.60. The molecular weight excluding hydrogens is 266 g/mol. The van der Waals surface area contributed by atoms with Crippen LogP contribution < -0.4 is 10.1 Å². The van der Waals surface area contributed by atoms with E-state index in [4.69, 9.17) is 4.74 Å². The SMILES string of the molecule is O=C(COc1cccc(-n2ccnc2)c1)NCC1CCC1. The summed E-state index contributed by atoms with van der Waals surface area (Å²) in [5.74, 6) is 1.29. The summed E-state index contributed by atoms with van der Waals surface area (Å²) in [4.78, 5) is 15.7. The molecule has 0 aliphatic heterocycles. The molecule has 5 nitrogen and oxygen atoms in total. The Kier molecular flexibility index (Phi) is 4.19. The van der Waals surface area contributed by atoms with E-state index in [1.165, 1.54) is 19.3 Å². The fraction of sp³-hybridized carbons (Fsp3) is 0.375. The maximum absolute atomic E-state index is 11.7. The Bertz CT molecular complexity index is 591. The maximum Gasteiger partial charge on any atom is 0.257 e. The molecule has 0 spiro atoms. The molecule has 1 N–H and O–H groups in total. The average Bonchev–Trinajstić information content (AvgIpc) is 2.98. The van der Waals surface area contributed by atoms with Crippen LogP contribution in [0.3, 0.4) is 0 Å². The molecule has 3 rings (SSSR count). The summed E-state index contributed by atoms with van der Waals surface area (Å²) in [6.07, 6.45) is 9.07. The van der Waals surface area contributed by atoms with Gasteiger partial charge in [0.05, 0.1) is 12.0 Å². The van der Waals surface area contributed by atoms with Gasteiger partial charge in [-0.2, -0.15) is 0 Å². The summed E-state index contributed by atoms with van der Waals surface area (Å²) < 4.78 is 7.44. The van der Waals surface area contributed by atoms with Crippen LogP contribution in [0.1, 0.15) is 19.3 Å². The second-order valence-electron chi connectivity index (χ2n) is 5.36. The van der Waals surface area contributed by atoms with E-state index in [2.05, 4.69) is 10.3 Å². The number of nitrogens with one attached hydrogen (secondary N) is 1. The lowest BCUT2D eigenvalue weighted by Crippen LogP contribution is -2.35. The van der Waals surface area contributed by atoms with Gasteiger partial charge in [0.2, 0.25) is 0 Å². The second kappa shape index (κ2) is 6.43. The average molecular weight is 285 g/mol. The summed E-state index contributed by atoms with van der Waals surface area (Å²) in [7, 11) is 0. The molecular formula is C16H19N3O2. The molecule has 1 saturated carbocycles. The van der Waals surface area contributed by atoms with Gasteiger partial charge in [0.15, 0.2) is 6.61 Å². The Morgan fingerprint density at radius 3 is 3.05 bits per heavy atom. The Morgan fingerprint density at radius 1 is 1.43 bits per heavy atom. The number of rotatable bonds is 6. The number of carbonyl (C=O) groups excluding carboxylic acids is 1. The van der Waals surface area contributed by atoms with Crippen LogP contribution in [0.25, 0.3) is 5.69 Å². The molecule has 0 radical (unpaired) electrons. The zero-order valence-corrected chi connectivity index (χ0v) is 11.9. The Labute approximate surface area is 124 Å². The molecule has 110 valence electrons. The second-order valence-corrected chi connectivity index (χ2v) is 5.36. The van der Waals surface area contributed by atoms with Crippen LogP contribution in [0.5, 0.6) is 5.75 Å². The lowest BCUT2D eigenvalue weighted by Gasteiger charge is -2.25. The molecule has 1 aliphatic rings. The van der Waals surface area contributed by atoms with Crippen LogP contribution in [0.15, 0.2) is 43.0 Å². The molecule has 1 aromatic carbocycles. The van der Waals surface area contributed by atoms with Crippen molar-refractivity contribution in [2.75, 3.05) is 13.2 Å². The van der Waals surface area contributed by atoms with Crippen LogP contribution in [0.2, 0.25) is 0 Å². The van der Waals surface area contributed by atoms with Gasteiger partial charge in [-0.15, -0.1) is 0 Å². The van der Waals surface area contributed by atoms with E-state index in [-0.39, 0.29) is 12.5 Å². The highest BCUT2D eigenvalue weighted by Crippen LogP contribution is 2.25. The molecule has 0 bridgehead atoms. The first-order chi connectivity index (χ1) is 10.3. The van der Waals surface area contributed by atoms with Crippen LogP contribution in [-0.4, -0.2) is 28.6 Å². The van der Waals surface area contributed by atoms with Crippen molar-refractivity contribution in [2.24, 2.45) is 5.92 Å². The number of ether oxygens (including phenoxy) is 1. The Hall–Kier alpha value is -2.30. The van der Waals surface area contributed by atoms with E-state index in [1.807, 2.05) is 35.0 Å². The van der Waals surface area contributed by atoms with Gasteiger partial charge < -0.3 is 14.6 Å². The minimum Gasteiger partial charge on any atom is -0.484 e. The lowest BCUT2D eigenvalue weighted by molar-refractivity contribution is -0.123. The van der Waals surface area contributed by atoms with Crippen molar-refractivity contribution in [1.29, 1.82) is 0 Å². The first-order valence-corrected chi connectivity index (χ1v) is 7.29. The third kappa shape index (κ3) is 3.62. The fourth-order valence-corrected chi connectivity index (χ4v) is 2.30. The smallest absolute Gasteiger partial charge is 0.257 e. The minimum absolute atomic E-state index is 0.0557. The highest BCUT2D eigenvalue weighted by atomic mass is 16.5. The molecule has 0 unspecified atom stereocenters. The van der Waals surface area contributed by atoms with Gasteiger partial charge in [0, 0.05) is 25.0 Å². The largest absolute Gasteiger partial charge is 0.484 e. The number of nitrogens with zero attached hydrogens (tertiary/aromatic N) is 2. The Balaban J connectivity index is 1.50. The van der Waals surface area contributed by atoms with Crippen molar-refractivity contribution >= 4 is 5.91 Å². The molecule has 1 fully saturated rings. The van der Waals surface area contributed by atoms with Gasteiger partial charge in [-0.1, -0.05) is 12.5 Å². The number of aromatic nitrogens is 2. The fourth-order valence-electron chi connectivity index (χ4n) is 2.30. The molecule has 1 amide bonds. The van der Waals surface area contributed by atoms with Crippen molar-refractivity contribution < 1.29 is 9.53 Å². The zero-order chi connectivity index (χ0) is 14.5. The molecule has 1 aliphatic carbocycles. The number of imidazole rings is 1. The summed E-state index contributed by atoms with van der Waals surface area (Å²) in [5, 5.41) is 2.92. The van der Waals surface area contributed by atoms with Gasteiger partial charge in [-0.3, -0.25) is 4.79 Å². The molecule has 1 aromatic heterocycles. The van der Waals surface area contributed by atoms with E-state index in [0.717, 1.165) is 12.2 Å². The topological polar surface area (TPSA) is 56.2 Å². The molecule has 21 heavy (non-hydrogen) atoms. The van der Waals surface area contributed by atoms with E-state index < -0.39 is 0 Å². The lowest BCUT2D eigenvalue weighted by atomic mass is 9.85. The van der Waals surface area contributed by atoms with Crippen molar-refractivity contribution in [3.8, 4) is 11.4 Å².